The zero-order valence-corrected chi connectivity index (χ0v) is 16.9. The molecule has 0 unspecified atom stereocenters. The highest BCUT2D eigenvalue weighted by atomic mass is 32.1. The minimum Gasteiger partial charge on any atom is -0.476 e. The number of aromatic carboxylic acids is 1. The van der Waals surface area contributed by atoms with Crippen molar-refractivity contribution in [2.24, 2.45) is 0 Å². The van der Waals surface area contributed by atoms with Gasteiger partial charge in [0, 0.05) is 30.4 Å². The number of hydrogen-bond acceptors (Lipinski definition) is 6. The van der Waals surface area contributed by atoms with E-state index in [9.17, 15) is 18.0 Å². The van der Waals surface area contributed by atoms with E-state index in [2.05, 4.69) is 14.7 Å². The van der Waals surface area contributed by atoms with Gasteiger partial charge in [0.05, 0.1) is 16.8 Å². The first-order valence-electron chi connectivity index (χ1n) is 9.41. The molecule has 30 heavy (non-hydrogen) atoms. The molecule has 1 aliphatic rings. The Morgan fingerprint density at radius 1 is 1.23 bits per heavy atom. The summed E-state index contributed by atoms with van der Waals surface area (Å²) in [6.45, 7) is 3.49. The number of hydrogen-bond donors (Lipinski definition) is 1. The van der Waals surface area contributed by atoms with Crippen molar-refractivity contribution in [2.75, 3.05) is 18.0 Å². The highest BCUT2D eigenvalue weighted by Crippen LogP contribution is 2.36. The van der Waals surface area contributed by atoms with Crippen molar-refractivity contribution in [3.8, 4) is 5.75 Å². The van der Waals surface area contributed by atoms with Gasteiger partial charge in [-0.2, -0.15) is 5.10 Å². The number of carbonyl (C=O) groups is 1. The number of thiazole rings is 1. The molecule has 7 nitrogen and oxygen atoms in total. The van der Waals surface area contributed by atoms with E-state index in [0.29, 0.717) is 21.5 Å². The Balaban J connectivity index is 1.76. The molecule has 0 aliphatic carbocycles. The van der Waals surface area contributed by atoms with E-state index in [1.807, 2.05) is 0 Å². The molecule has 1 saturated heterocycles. The molecule has 0 spiro atoms. The maximum atomic E-state index is 12.8. The Morgan fingerprint density at radius 3 is 2.60 bits per heavy atom. The Kier molecular flexibility index (Phi) is 5.31. The van der Waals surface area contributed by atoms with Crippen molar-refractivity contribution in [3.05, 3.63) is 35.2 Å². The number of carboxylic acid groups (broad SMARTS) is 1. The van der Waals surface area contributed by atoms with Crippen molar-refractivity contribution < 1.29 is 27.8 Å². The van der Waals surface area contributed by atoms with E-state index in [-0.39, 0.29) is 18.0 Å². The summed E-state index contributed by atoms with van der Waals surface area (Å²) in [5.74, 6) is -1.50. The van der Waals surface area contributed by atoms with Crippen molar-refractivity contribution in [3.63, 3.8) is 0 Å². The number of alkyl halides is 3. The van der Waals surface area contributed by atoms with Gasteiger partial charge in [0.2, 0.25) is 0 Å². The Labute approximate surface area is 173 Å². The molecule has 0 atom stereocenters. The molecular weight excluding hydrogens is 421 g/mol. The molecule has 0 radical (unpaired) electrons. The molecule has 0 amide bonds. The smallest absolute Gasteiger partial charge is 0.476 e. The van der Waals surface area contributed by atoms with E-state index in [4.69, 9.17) is 10.1 Å². The fourth-order valence-electron chi connectivity index (χ4n) is 3.53. The number of halogens is 3. The average Bonchev–Trinajstić information content (AvgIpc) is 3.25. The average molecular weight is 440 g/mol. The van der Waals surface area contributed by atoms with Gasteiger partial charge >= 0.3 is 12.3 Å². The topological polar surface area (TPSA) is 80.5 Å². The predicted molar refractivity (Wildman–Crippen MR) is 105 cm³/mol. The molecule has 11 heteroatoms. The van der Waals surface area contributed by atoms with Crippen LogP contribution in [0.5, 0.6) is 5.75 Å². The number of carboxylic acids is 1. The molecule has 1 aromatic carbocycles. The number of aryl methyl sites for hydroxylation is 1. The second-order valence-corrected chi connectivity index (χ2v) is 8.16. The fourth-order valence-corrected chi connectivity index (χ4v) is 4.62. The third kappa shape index (κ3) is 4.35. The third-order valence-corrected chi connectivity index (χ3v) is 5.98. The fraction of sp³-hybridized carbons (Fsp3) is 0.421. The van der Waals surface area contributed by atoms with Gasteiger partial charge in [-0.25, -0.2) is 9.78 Å². The zero-order valence-electron chi connectivity index (χ0n) is 16.1. The lowest BCUT2D eigenvalue weighted by atomic mass is 10.1. The molecule has 160 valence electrons. The largest absolute Gasteiger partial charge is 0.573 e. The van der Waals surface area contributed by atoms with E-state index in [1.54, 1.807) is 6.92 Å². The van der Waals surface area contributed by atoms with E-state index in [0.717, 1.165) is 37.5 Å². The van der Waals surface area contributed by atoms with E-state index in [1.165, 1.54) is 34.2 Å². The minimum atomic E-state index is -4.82. The maximum Gasteiger partial charge on any atom is 0.573 e. The number of anilines is 1. The van der Waals surface area contributed by atoms with Crippen molar-refractivity contribution in [2.45, 2.75) is 39.1 Å². The van der Waals surface area contributed by atoms with Gasteiger partial charge in [-0.1, -0.05) is 11.3 Å². The number of aromatic nitrogens is 3. The zero-order chi connectivity index (χ0) is 21.5. The highest BCUT2D eigenvalue weighted by molar-refractivity contribution is 7.22. The van der Waals surface area contributed by atoms with Gasteiger partial charge in [0.1, 0.15) is 5.75 Å². The molecule has 4 rings (SSSR count). The van der Waals surface area contributed by atoms with Crippen LogP contribution >= 0.6 is 11.3 Å². The van der Waals surface area contributed by atoms with Crippen molar-refractivity contribution >= 4 is 32.7 Å². The van der Waals surface area contributed by atoms with E-state index >= 15 is 0 Å². The van der Waals surface area contributed by atoms with Crippen molar-refractivity contribution in [1.82, 2.24) is 14.8 Å². The van der Waals surface area contributed by atoms with Crippen LogP contribution in [-0.4, -0.2) is 45.3 Å². The van der Waals surface area contributed by atoms with Gasteiger partial charge in [0.25, 0.3) is 0 Å². The minimum absolute atomic E-state index is 0.0772. The van der Waals surface area contributed by atoms with Crippen LogP contribution in [0.2, 0.25) is 0 Å². The number of rotatable bonds is 5. The van der Waals surface area contributed by atoms with Crippen LogP contribution in [0, 0.1) is 6.92 Å². The molecule has 0 saturated carbocycles. The molecule has 2 aromatic heterocycles. The molecule has 1 N–H and O–H groups in total. The first-order chi connectivity index (χ1) is 14.2. The summed E-state index contributed by atoms with van der Waals surface area (Å²) in [6.07, 6.45) is -1.56. The quantitative estimate of drug-likeness (QED) is 0.632. The van der Waals surface area contributed by atoms with Crippen LogP contribution < -0.4 is 9.64 Å². The summed E-state index contributed by atoms with van der Waals surface area (Å²) >= 11 is 1.33. The Bertz CT molecular complexity index is 1090. The standard InChI is InChI=1S/C19H19F3N4O3S/c1-11-7-14(17(27)28)24-26(11)10-12-8-13(29-19(20,21)22)9-15-16(12)23-18(30-15)25-5-3-2-4-6-25/h7-9H,2-6,10H2,1H3,(H,27,28). The molecule has 0 bridgehead atoms. The number of piperidine rings is 1. The number of ether oxygens (including phenoxy) is 1. The van der Waals surface area contributed by atoms with Crippen LogP contribution in [0.4, 0.5) is 18.3 Å². The third-order valence-electron chi connectivity index (χ3n) is 4.92. The molecular formula is C19H19F3N4O3S. The summed E-state index contributed by atoms with van der Waals surface area (Å²) in [4.78, 5) is 18.0. The second-order valence-electron chi connectivity index (χ2n) is 7.15. The van der Waals surface area contributed by atoms with Crippen LogP contribution in [0.1, 0.15) is 41.0 Å². The normalized spacial score (nSPS) is 15.0. The first-order valence-corrected chi connectivity index (χ1v) is 10.2. The number of fused-ring (bicyclic) bond motifs is 1. The lowest BCUT2D eigenvalue weighted by Crippen LogP contribution is -2.29. The summed E-state index contributed by atoms with van der Waals surface area (Å²) in [5.41, 5.74) is 1.50. The lowest BCUT2D eigenvalue weighted by Gasteiger charge is -2.25. The molecule has 3 heterocycles. The Morgan fingerprint density at radius 2 is 1.97 bits per heavy atom. The summed E-state index contributed by atoms with van der Waals surface area (Å²) in [5, 5.41) is 13.9. The summed E-state index contributed by atoms with van der Waals surface area (Å²) in [6, 6.07) is 4.04. The van der Waals surface area contributed by atoms with Gasteiger partial charge in [0.15, 0.2) is 10.8 Å². The van der Waals surface area contributed by atoms with Crippen LogP contribution in [-0.2, 0) is 6.54 Å². The van der Waals surface area contributed by atoms with Crippen molar-refractivity contribution in [1.29, 1.82) is 0 Å². The number of benzene rings is 1. The summed E-state index contributed by atoms with van der Waals surface area (Å²) in [7, 11) is 0. The first kappa shape index (κ1) is 20.5. The SMILES string of the molecule is Cc1cc(C(=O)O)nn1Cc1cc(OC(F)(F)F)cc2sc(N3CCCCC3)nc12. The second kappa shape index (κ2) is 7.78. The van der Waals surface area contributed by atoms with Crippen LogP contribution in [0.15, 0.2) is 18.2 Å². The molecule has 3 aromatic rings. The molecule has 1 aliphatic heterocycles. The van der Waals surface area contributed by atoms with Gasteiger partial charge in [-0.05, 0) is 38.3 Å². The Hall–Kier alpha value is -2.82. The highest BCUT2D eigenvalue weighted by Gasteiger charge is 2.32. The van der Waals surface area contributed by atoms with Gasteiger partial charge < -0.3 is 14.7 Å². The van der Waals surface area contributed by atoms with Gasteiger partial charge in [-0.3, -0.25) is 4.68 Å². The number of nitrogens with zero attached hydrogens (tertiary/aromatic N) is 4. The van der Waals surface area contributed by atoms with E-state index < -0.39 is 12.3 Å². The predicted octanol–water partition coefficient (Wildman–Crippen LogP) is 4.44. The lowest BCUT2D eigenvalue weighted by molar-refractivity contribution is -0.274. The maximum absolute atomic E-state index is 12.8. The van der Waals surface area contributed by atoms with Crippen LogP contribution in [0.25, 0.3) is 10.2 Å². The van der Waals surface area contributed by atoms with Crippen LogP contribution in [0.3, 0.4) is 0 Å². The van der Waals surface area contributed by atoms with Gasteiger partial charge in [-0.15, -0.1) is 13.2 Å². The monoisotopic (exact) mass is 440 g/mol. The summed E-state index contributed by atoms with van der Waals surface area (Å²) < 4.78 is 44.7. The molecule has 1 fully saturated rings.